The Hall–Kier alpha value is -2.41. The first-order chi connectivity index (χ1) is 8.93. The molecular formula is C17H14N+. The van der Waals surface area contributed by atoms with Gasteiger partial charge in [-0.25, -0.2) is 0 Å². The van der Waals surface area contributed by atoms with Crippen LogP contribution in [-0.2, 0) is 0 Å². The Morgan fingerprint density at radius 1 is 0.500 bits per heavy atom. The maximum Gasteiger partial charge on any atom is 0.210 e. The van der Waals surface area contributed by atoms with E-state index in [4.69, 9.17) is 0 Å². The van der Waals surface area contributed by atoms with Crippen LogP contribution in [0.3, 0.4) is 0 Å². The second kappa shape index (κ2) is 4.84. The zero-order valence-corrected chi connectivity index (χ0v) is 10.0. The van der Waals surface area contributed by atoms with Gasteiger partial charge in [-0.15, -0.1) is 0 Å². The molecule has 2 aromatic carbocycles. The standard InChI is InChI=1S/C17H14N/c1-3-7-15(8-4-1)16-11-13-18(14-12-16)17-9-5-2-6-10-17/h1-14H/q+1. The van der Waals surface area contributed by atoms with E-state index in [1.807, 2.05) is 24.3 Å². The first kappa shape index (κ1) is 10.7. The van der Waals surface area contributed by atoms with E-state index >= 15 is 0 Å². The zero-order valence-electron chi connectivity index (χ0n) is 10.0. The Labute approximate surface area is 107 Å². The minimum atomic E-state index is 1.18. The van der Waals surface area contributed by atoms with Gasteiger partial charge in [-0.1, -0.05) is 48.5 Å². The van der Waals surface area contributed by atoms with Gasteiger partial charge in [-0.3, -0.25) is 0 Å². The highest BCUT2D eigenvalue weighted by Crippen LogP contribution is 2.16. The summed E-state index contributed by atoms with van der Waals surface area (Å²) in [6.07, 6.45) is 4.19. The van der Waals surface area contributed by atoms with E-state index in [0.717, 1.165) is 0 Å². The minimum Gasteiger partial charge on any atom is -0.167 e. The van der Waals surface area contributed by atoms with Crippen molar-refractivity contribution in [2.75, 3.05) is 0 Å². The minimum absolute atomic E-state index is 1.18. The SMILES string of the molecule is c1ccc(-c2cc[n+](-c3ccccc3)cc2)cc1. The molecule has 1 heterocycles. The summed E-state index contributed by atoms with van der Waals surface area (Å²) in [5.74, 6) is 0. The molecule has 0 atom stereocenters. The van der Waals surface area contributed by atoms with Gasteiger partial charge in [0.15, 0.2) is 12.4 Å². The van der Waals surface area contributed by atoms with Crippen molar-refractivity contribution in [3.05, 3.63) is 85.2 Å². The molecule has 1 nitrogen and oxygen atoms in total. The number of rotatable bonds is 2. The van der Waals surface area contributed by atoms with Crippen LogP contribution in [0.15, 0.2) is 85.2 Å². The topological polar surface area (TPSA) is 3.88 Å². The second-order valence-corrected chi connectivity index (χ2v) is 4.20. The Morgan fingerprint density at radius 3 is 1.61 bits per heavy atom. The molecule has 0 radical (unpaired) electrons. The van der Waals surface area contributed by atoms with Gasteiger partial charge in [0, 0.05) is 24.3 Å². The molecule has 0 amide bonds. The average Bonchev–Trinajstić information content (AvgIpc) is 2.49. The Bertz CT molecular complexity index is 554. The second-order valence-electron chi connectivity index (χ2n) is 4.20. The molecule has 0 aliphatic heterocycles. The van der Waals surface area contributed by atoms with Crippen LogP contribution in [0.25, 0.3) is 16.8 Å². The van der Waals surface area contributed by atoms with E-state index in [-0.39, 0.29) is 0 Å². The van der Waals surface area contributed by atoms with Gasteiger partial charge in [0.25, 0.3) is 0 Å². The highest BCUT2D eigenvalue weighted by molar-refractivity contribution is 5.61. The van der Waals surface area contributed by atoms with Crippen LogP contribution in [0.4, 0.5) is 0 Å². The monoisotopic (exact) mass is 232 g/mol. The van der Waals surface area contributed by atoms with Gasteiger partial charge in [0.2, 0.25) is 5.69 Å². The van der Waals surface area contributed by atoms with Crippen molar-refractivity contribution in [2.45, 2.75) is 0 Å². The summed E-state index contributed by atoms with van der Waals surface area (Å²) >= 11 is 0. The van der Waals surface area contributed by atoms with Crippen LogP contribution in [0, 0.1) is 0 Å². The third-order valence-electron chi connectivity index (χ3n) is 2.99. The molecule has 0 N–H and O–H groups in total. The quantitative estimate of drug-likeness (QED) is 0.594. The summed E-state index contributed by atoms with van der Waals surface area (Å²) in [6, 6.07) is 25.0. The van der Waals surface area contributed by atoms with E-state index in [1.165, 1.54) is 16.8 Å². The molecule has 0 spiro atoms. The lowest BCUT2D eigenvalue weighted by Gasteiger charge is -2.00. The van der Waals surface area contributed by atoms with E-state index < -0.39 is 0 Å². The van der Waals surface area contributed by atoms with Crippen LogP contribution >= 0.6 is 0 Å². The molecular weight excluding hydrogens is 218 g/mol. The maximum atomic E-state index is 2.14. The highest BCUT2D eigenvalue weighted by Gasteiger charge is 2.04. The van der Waals surface area contributed by atoms with Crippen LogP contribution in [0.2, 0.25) is 0 Å². The van der Waals surface area contributed by atoms with Gasteiger partial charge in [0.05, 0.1) is 0 Å². The first-order valence-electron chi connectivity index (χ1n) is 6.06. The van der Waals surface area contributed by atoms with Crippen LogP contribution in [0.1, 0.15) is 0 Å². The predicted octanol–water partition coefficient (Wildman–Crippen LogP) is 3.63. The van der Waals surface area contributed by atoms with Crippen molar-refractivity contribution < 1.29 is 4.57 Å². The van der Waals surface area contributed by atoms with Crippen molar-refractivity contribution in [1.82, 2.24) is 0 Å². The molecule has 18 heavy (non-hydrogen) atoms. The normalized spacial score (nSPS) is 10.2. The number of pyridine rings is 1. The van der Waals surface area contributed by atoms with Crippen molar-refractivity contribution in [2.24, 2.45) is 0 Å². The fourth-order valence-electron chi connectivity index (χ4n) is 2.02. The largest absolute Gasteiger partial charge is 0.210 e. The Kier molecular flexibility index (Phi) is 2.89. The van der Waals surface area contributed by atoms with Gasteiger partial charge in [-0.05, 0) is 11.1 Å². The van der Waals surface area contributed by atoms with E-state index in [2.05, 4.69) is 65.5 Å². The molecule has 1 heteroatoms. The number of aromatic nitrogens is 1. The van der Waals surface area contributed by atoms with Gasteiger partial charge in [-0.2, -0.15) is 4.57 Å². The number of para-hydroxylation sites is 1. The molecule has 0 bridgehead atoms. The van der Waals surface area contributed by atoms with Gasteiger partial charge >= 0.3 is 0 Å². The third-order valence-corrected chi connectivity index (χ3v) is 2.99. The van der Waals surface area contributed by atoms with Crippen molar-refractivity contribution in [3.8, 4) is 16.8 Å². The molecule has 0 unspecified atom stereocenters. The van der Waals surface area contributed by atoms with Crippen LogP contribution < -0.4 is 4.57 Å². The average molecular weight is 232 g/mol. The van der Waals surface area contributed by atoms with E-state index in [9.17, 15) is 0 Å². The molecule has 0 saturated carbocycles. The number of hydrogen-bond donors (Lipinski definition) is 0. The third kappa shape index (κ3) is 2.16. The molecule has 1 aromatic heterocycles. The lowest BCUT2D eigenvalue weighted by atomic mass is 10.1. The lowest BCUT2D eigenvalue weighted by molar-refractivity contribution is -0.595. The van der Waals surface area contributed by atoms with Crippen LogP contribution in [0.5, 0.6) is 0 Å². The number of hydrogen-bond acceptors (Lipinski definition) is 0. The molecule has 0 aliphatic rings. The summed E-state index contributed by atoms with van der Waals surface area (Å²) in [4.78, 5) is 0. The highest BCUT2D eigenvalue weighted by atomic mass is 14.9. The maximum absolute atomic E-state index is 2.14. The van der Waals surface area contributed by atoms with E-state index in [0.29, 0.717) is 0 Å². The van der Waals surface area contributed by atoms with Crippen molar-refractivity contribution in [3.63, 3.8) is 0 Å². The summed E-state index contributed by atoms with van der Waals surface area (Å²) in [7, 11) is 0. The molecule has 86 valence electrons. The molecule has 3 rings (SSSR count). The van der Waals surface area contributed by atoms with Crippen molar-refractivity contribution >= 4 is 0 Å². The Morgan fingerprint density at radius 2 is 1.00 bits per heavy atom. The van der Waals surface area contributed by atoms with Crippen LogP contribution in [-0.4, -0.2) is 0 Å². The lowest BCUT2D eigenvalue weighted by Crippen LogP contribution is -2.28. The molecule has 0 aliphatic carbocycles. The summed E-state index contributed by atoms with van der Waals surface area (Å²) in [5.41, 5.74) is 3.66. The smallest absolute Gasteiger partial charge is 0.167 e. The fourth-order valence-corrected chi connectivity index (χ4v) is 2.02. The summed E-state index contributed by atoms with van der Waals surface area (Å²) in [6.45, 7) is 0. The van der Waals surface area contributed by atoms with E-state index in [1.54, 1.807) is 0 Å². The fraction of sp³-hybridized carbons (Fsp3) is 0. The number of nitrogens with zero attached hydrogens (tertiary/aromatic N) is 1. The number of benzene rings is 2. The first-order valence-corrected chi connectivity index (χ1v) is 6.06. The summed E-state index contributed by atoms with van der Waals surface area (Å²) in [5, 5.41) is 0. The summed E-state index contributed by atoms with van der Waals surface area (Å²) < 4.78 is 2.12. The molecule has 3 aromatic rings. The van der Waals surface area contributed by atoms with Gasteiger partial charge < -0.3 is 0 Å². The Balaban J connectivity index is 1.95. The molecule has 0 fully saturated rings. The van der Waals surface area contributed by atoms with Gasteiger partial charge in [0.1, 0.15) is 0 Å². The predicted molar refractivity (Wildman–Crippen MR) is 73.4 cm³/mol. The van der Waals surface area contributed by atoms with Crippen molar-refractivity contribution in [1.29, 1.82) is 0 Å². The molecule has 0 saturated heterocycles. The zero-order chi connectivity index (χ0) is 12.2.